The molecular weight excluding hydrogens is 192 g/mol. The zero-order chi connectivity index (χ0) is 9.03. The van der Waals surface area contributed by atoms with Gasteiger partial charge in [-0.05, 0) is 12.0 Å². The van der Waals surface area contributed by atoms with Gasteiger partial charge >= 0.3 is 0 Å². The van der Waals surface area contributed by atoms with E-state index in [4.69, 9.17) is 4.55 Å². The quantitative estimate of drug-likeness (QED) is 0.806. The predicted molar refractivity (Wildman–Crippen MR) is 53.1 cm³/mol. The molecule has 2 nitrogen and oxygen atoms in total. The van der Waals surface area contributed by atoms with Crippen LogP contribution in [-0.2, 0) is 26.4 Å². The van der Waals surface area contributed by atoms with Gasteiger partial charge in [-0.2, -0.15) is 0 Å². The highest BCUT2D eigenvalue weighted by atomic mass is 32.8. The second-order valence-electron chi connectivity index (χ2n) is 2.52. The summed E-state index contributed by atoms with van der Waals surface area (Å²) in [5, 5.41) is 0. The lowest BCUT2D eigenvalue weighted by Gasteiger charge is -1.99. The topological polar surface area (TPSA) is 37.3 Å². The van der Waals surface area contributed by atoms with Crippen LogP contribution in [0.25, 0.3) is 0 Å². The Kier molecular flexibility index (Phi) is 3.20. The van der Waals surface area contributed by atoms with Gasteiger partial charge in [-0.25, -0.2) is 4.21 Å². The summed E-state index contributed by atoms with van der Waals surface area (Å²) in [5.74, 6) is 0.159. The van der Waals surface area contributed by atoms with Crippen molar-refractivity contribution < 1.29 is 8.76 Å². The maximum Gasteiger partial charge on any atom is 0.141 e. The van der Waals surface area contributed by atoms with Gasteiger partial charge < -0.3 is 4.55 Å². The summed E-state index contributed by atoms with van der Waals surface area (Å²) in [6.45, 7) is 0. The first kappa shape index (κ1) is 9.64. The lowest BCUT2D eigenvalue weighted by molar-refractivity contribution is 0.561. The van der Waals surface area contributed by atoms with Crippen molar-refractivity contribution in [3.63, 3.8) is 0 Å². The molecule has 0 aliphatic rings. The zero-order valence-corrected chi connectivity index (χ0v) is 8.11. The van der Waals surface area contributed by atoms with Gasteiger partial charge in [-0.3, -0.25) is 0 Å². The summed E-state index contributed by atoms with van der Waals surface area (Å²) in [4.78, 5) is 0. The number of hydrogen-bond acceptors (Lipinski definition) is 2. The van der Waals surface area contributed by atoms with Crippen LogP contribution in [0.3, 0.4) is 0 Å². The lowest BCUT2D eigenvalue weighted by Crippen LogP contribution is -2.04. The van der Waals surface area contributed by atoms with Crippen LogP contribution in [0.5, 0.6) is 0 Å². The van der Waals surface area contributed by atoms with E-state index in [1.807, 2.05) is 30.3 Å². The van der Waals surface area contributed by atoms with Crippen molar-refractivity contribution in [2.45, 2.75) is 6.42 Å². The SMILES string of the molecule is O=S(O)(=S)CCc1ccccc1. The molecule has 1 unspecified atom stereocenters. The largest absolute Gasteiger partial charge is 0.306 e. The number of aryl methyl sites for hydroxylation is 1. The van der Waals surface area contributed by atoms with Crippen LogP contribution in [0.2, 0.25) is 0 Å². The van der Waals surface area contributed by atoms with Crippen LogP contribution in [-0.4, -0.2) is 14.5 Å². The average molecular weight is 202 g/mol. The van der Waals surface area contributed by atoms with E-state index >= 15 is 0 Å². The molecule has 1 rings (SSSR count). The molecule has 0 aliphatic heterocycles. The van der Waals surface area contributed by atoms with E-state index < -0.39 is 8.77 Å². The van der Waals surface area contributed by atoms with Crippen LogP contribution in [0.4, 0.5) is 0 Å². The highest BCUT2D eigenvalue weighted by Crippen LogP contribution is 2.00. The first-order chi connectivity index (χ1) is 5.58. The van der Waals surface area contributed by atoms with Gasteiger partial charge in [-0.1, -0.05) is 30.3 Å². The molecule has 1 aromatic carbocycles. The fourth-order valence-electron chi connectivity index (χ4n) is 0.892. The molecule has 1 N–H and O–H groups in total. The molecule has 0 saturated heterocycles. The molecule has 0 bridgehead atoms. The molecule has 0 radical (unpaired) electrons. The van der Waals surface area contributed by atoms with Gasteiger partial charge in [0.05, 0.1) is 5.75 Å². The molecule has 0 amide bonds. The Morgan fingerprint density at radius 1 is 1.33 bits per heavy atom. The molecular formula is C8H10O2S2. The fraction of sp³-hybridized carbons (Fsp3) is 0.250. The molecule has 12 heavy (non-hydrogen) atoms. The van der Waals surface area contributed by atoms with E-state index in [1.54, 1.807) is 0 Å². The molecule has 0 fully saturated rings. The summed E-state index contributed by atoms with van der Waals surface area (Å²) in [6.07, 6.45) is 0.569. The molecule has 0 aliphatic carbocycles. The van der Waals surface area contributed by atoms with E-state index in [1.165, 1.54) is 0 Å². The van der Waals surface area contributed by atoms with Crippen molar-refractivity contribution in [3.05, 3.63) is 35.9 Å². The minimum atomic E-state index is -2.99. The Balaban J connectivity index is 2.56. The summed E-state index contributed by atoms with van der Waals surface area (Å²) < 4.78 is 19.6. The first-order valence-corrected chi connectivity index (χ1v) is 6.18. The summed E-state index contributed by atoms with van der Waals surface area (Å²) in [7, 11) is -2.99. The standard InChI is InChI=1S/C8H10O2S2/c9-12(10,11)7-6-8-4-2-1-3-5-8/h1-5H,6-7H2,(H,9,10,11). The molecule has 0 heterocycles. The lowest BCUT2D eigenvalue weighted by atomic mass is 10.2. The smallest absolute Gasteiger partial charge is 0.141 e. The highest BCUT2D eigenvalue weighted by Gasteiger charge is 1.99. The van der Waals surface area contributed by atoms with Crippen molar-refractivity contribution in [3.8, 4) is 0 Å². The van der Waals surface area contributed by atoms with Crippen LogP contribution >= 0.6 is 0 Å². The first-order valence-electron chi connectivity index (χ1n) is 3.57. The van der Waals surface area contributed by atoms with Crippen LogP contribution in [0.1, 0.15) is 5.56 Å². The number of hydrogen-bond donors (Lipinski definition) is 1. The molecule has 66 valence electrons. The third-order valence-corrected chi connectivity index (χ3v) is 2.71. The molecule has 4 heteroatoms. The molecule has 1 aromatic rings. The second kappa shape index (κ2) is 3.98. The summed E-state index contributed by atoms with van der Waals surface area (Å²) >= 11 is 4.37. The third kappa shape index (κ3) is 3.80. The maximum atomic E-state index is 10.7. The Hall–Kier alpha value is -0.450. The van der Waals surface area contributed by atoms with Crippen molar-refractivity contribution in [1.82, 2.24) is 0 Å². The van der Waals surface area contributed by atoms with E-state index in [-0.39, 0.29) is 5.75 Å². The van der Waals surface area contributed by atoms with Gasteiger partial charge in [0.1, 0.15) is 8.77 Å². The minimum Gasteiger partial charge on any atom is -0.306 e. The van der Waals surface area contributed by atoms with E-state index in [0.717, 1.165) is 5.56 Å². The predicted octanol–water partition coefficient (Wildman–Crippen LogP) is 1.45. The molecule has 1 atom stereocenters. The summed E-state index contributed by atoms with van der Waals surface area (Å²) in [6, 6.07) is 9.55. The van der Waals surface area contributed by atoms with E-state index in [9.17, 15) is 4.21 Å². The average Bonchev–Trinajstić information content (AvgIpc) is 2.02. The Bertz CT molecular complexity index is 329. The normalized spacial score (nSPS) is 15.4. The Morgan fingerprint density at radius 3 is 2.42 bits per heavy atom. The Labute approximate surface area is 77.1 Å². The van der Waals surface area contributed by atoms with Gasteiger partial charge in [0.15, 0.2) is 0 Å². The number of rotatable bonds is 3. The minimum absolute atomic E-state index is 0.159. The van der Waals surface area contributed by atoms with Crippen LogP contribution in [0.15, 0.2) is 30.3 Å². The van der Waals surface area contributed by atoms with Crippen molar-refractivity contribution in [2.24, 2.45) is 0 Å². The summed E-state index contributed by atoms with van der Waals surface area (Å²) in [5.41, 5.74) is 1.05. The molecule has 0 aromatic heterocycles. The zero-order valence-electron chi connectivity index (χ0n) is 6.47. The monoisotopic (exact) mass is 202 g/mol. The van der Waals surface area contributed by atoms with Gasteiger partial charge in [0, 0.05) is 11.2 Å². The number of benzene rings is 1. The highest BCUT2D eigenvalue weighted by molar-refractivity contribution is 8.29. The maximum absolute atomic E-state index is 10.7. The van der Waals surface area contributed by atoms with E-state index in [2.05, 4.69) is 11.2 Å². The fourth-order valence-corrected chi connectivity index (χ4v) is 1.64. The second-order valence-corrected chi connectivity index (χ2v) is 5.66. The van der Waals surface area contributed by atoms with Crippen molar-refractivity contribution in [1.29, 1.82) is 0 Å². The molecule has 0 spiro atoms. The van der Waals surface area contributed by atoms with Crippen LogP contribution in [0, 0.1) is 0 Å². The van der Waals surface area contributed by atoms with Crippen LogP contribution < -0.4 is 0 Å². The van der Waals surface area contributed by atoms with E-state index in [0.29, 0.717) is 6.42 Å². The van der Waals surface area contributed by atoms with Gasteiger partial charge in [0.2, 0.25) is 0 Å². The third-order valence-electron chi connectivity index (χ3n) is 1.49. The van der Waals surface area contributed by atoms with Gasteiger partial charge in [0.25, 0.3) is 0 Å². The molecule has 0 saturated carbocycles. The van der Waals surface area contributed by atoms with Gasteiger partial charge in [-0.15, -0.1) is 0 Å². The van der Waals surface area contributed by atoms with Crippen molar-refractivity contribution >= 4 is 20.0 Å². The van der Waals surface area contributed by atoms with Crippen molar-refractivity contribution in [2.75, 3.05) is 5.75 Å². The Morgan fingerprint density at radius 2 is 1.92 bits per heavy atom.